The Hall–Kier alpha value is -1.84. The SMILES string of the molecule is CCCN1C(=O)CN(c2ccc(C)c(C)c2)C1=O. The van der Waals surface area contributed by atoms with Crippen LogP contribution >= 0.6 is 0 Å². The predicted molar refractivity (Wildman–Crippen MR) is 70.7 cm³/mol. The van der Waals surface area contributed by atoms with Crippen molar-refractivity contribution in [1.29, 1.82) is 0 Å². The molecule has 1 aliphatic rings. The molecule has 3 amide bonds. The molecule has 96 valence electrons. The monoisotopic (exact) mass is 246 g/mol. The van der Waals surface area contributed by atoms with E-state index < -0.39 is 0 Å². The molecule has 4 heteroatoms. The van der Waals surface area contributed by atoms with E-state index in [2.05, 4.69) is 0 Å². The van der Waals surface area contributed by atoms with Crippen molar-refractivity contribution in [3.63, 3.8) is 0 Å². The lowest BCUT2D eigenvalue weighted by Gasteiger charge is -2.17. The van der Waals surface area contributed by atoms with Crippen LogP contribution in [-0.4, -0.2) is 29.9 Å². The van der Waals surface area contributed by atoms with E-state index in [1.54, 1.807) is 4.90 Å². The van der Waals surface area contributed by atoms with Crippen LogP contribution in [0.3, 0.4) is 0 Å². The Morgan fingerprint density at radius 1 is 1.17 bits per heavy atom. The van der Waals surface area contributed by atoms with Crippen molar-refractivity contribution in [2.24, 2.45) is 0 Å². The summed E-state index contributed by atoms with van der Waals surface area (Å²) in [6.07, 6.45) is 0.790. The highest BCUT2D eigenvalue weighted by Crippen LogP contribution is 2.23. The van der Waals surface area contributed by atoms with E-state index in [1.807, 2.05) is 39.0 Å². The fourth-order valence-electron chi connectivity index (χ4n) is 2.08. The molecular formula is C14H18N2O2. The first-order valence-electron chi connectivity index (χ1n) is 6.23. The normalized spacial score (nSPS) is 15.7. The summed E-state index contributed by atoms with van der Waals surface area (Å²) in [5, 5.41) is 0. The Labute approximate surface area is 107 Å². The Bertz CT molecular complexity index is 497. The maximum Gasteiger partial charge on any atom is 0.331 e. The molecule has 0 aromatic heterocycles. The maximum absolute atomic E-state index is 12.1. The molecule has 0 aliphatic carbocycles. The molecule has 0 spiro atoms. The molecule has 2 rings (SSSR count). The minimum absolute atomic E-state index is 0.111. The van der Waals surface area contributed by atoms with Gasteiger partial charge in [-0.3, -0.25) is 14.6 Å². The van der Waals surface area contributed by atoms with Crippen molar-refractivity contribution in [1.82, 2.24) is 4.90 Å². The van der Waals surface area contributed by atoms with Gasteiger partial charge in [-0.25, -0.2) is 4.79 Å². The molecule has 4 nitrogen and oxygen atoms in total. The van der Waals surface area contributed by atoms with E-state index in [1.165, 1.54) is 10.5 Å². The average molecular weight is 246 g/mol. The molecule has 0 bridgehead atoms. The van der Waals surface area contributed by atoms with Crippen molar-refractivity contribution in [2.75, 3.05) is 18.0 Å². The fourth-order valence-corrected chi connectivity index (χ4v) is 2.08. The van der Waals surface area contributed by atoms with Gasteiger partial charge in [-0.2, -0.15) is 0 Å². The van der Waals surface area contributed by atoms with E-state index in [4.69, 9.17) is 0 Å². The van der Waals surface area contributed by atoms with Gasteiger partial charge < -0.3 is 0 Å². The van der Waals surface area contributed by atoms with Gasteiger partial charge in [0.1, 0.15) is 6.54 Å². The zero-order valence-corrected chi connectivity index (χ0v) is 11.1. The first-order chi connectivity index (χ1) is 8.54. The Morgan fingerprint density at radius 2 is 1.89 bits per heavy atom. The predicted octanol–water partition coefficient (Wildman–Crippen LogP) is 2.48. The summed E-state index contributed by atoms with van der Waals surface area (Å²) in [6.45, 7) is 6.64. The number of benzene rings is 1. The van der Waals surface area contributed by atoms with Gasteiger partial charge in [0.25, 0.3) is 5.91 Å². The number of carbonyl (C=O) groups is 2. The van der Waals surface area contributed by atoms with Crippen LogP contribution in [0.2, 0.25) is 0 Å². The van der Waals surface area contributed by atoms with Crippen LogP contribution in [0, 0.1) is 13.8 Å². The van der Waals surface area contributed by atoms with E-state index in [0.29, 0.717) is 6.54 Å². The van der Waals surface area contributed by atoms with Crippen molar-refractivity contribution >= 4 is 17.6 Å². The molecule has 1 saturated heterocycles. The topological polar surface area (TPSA) is 40.6 Å². The van der Waals surface area contributed by atoms with Crippen LogP contribution in [0.1, 0.15) is 24.5 Å². The van der Waals surface area contributed by atoms with Crippen molar-refractivity contribution < 1.29 is 9.59 Å². The molecule has 0 atom stereocenters. The number of imide groups is 1. The standard InChI is InChI=1S/C14H18N2O2/c1-4-7-15-13(17)9-16(14(15)18)12-6-5-10(2)11(3)8-12/h5-6,8H,4,7,9H2,1-3H3. The molecule has 1 aliphatic heterocycles. The van der Waals surface area contributed by atoms with Gasteiger partial charge in [0.05, 0.1) is 0 Å². The lowest BCUT2D eigenvalue weighted by Crippen LogP contribution is -2.33. The summed E-state index contributed by atoms with van der Waals surface area (Å²) in [4.78, 5) is 26.8. The van der Waals surface area contributed by atoms with Crippen LogP contribution in [-0.2, 0) is 4.79 Å². The third kappa shape index (κ3) is 2.10. The van der Waals surface area contributed by atoms with Gasteiger partial charge in [0, 0.05) is 12.2 Å². The number of urea groups is 1. The largest absolute Gasteiger partial charge is 0.331 e. The summed E-state index contributed by atoms with van der Waals surface area (Å²) < 4.78 is 0. The van der Waals surface area contributed by atoms with Crippen LogP contribution in [0.25, 0.3) is 0 Å². The zero-order valence-electron chi connectivity index (χ0n) is 11.1. The number of rotatable bonds is 3. The minimum Gasteiger partial charge on any atom is -0.285 e. The fraction of sp³-hybridized carbons (Fsp3) is 0.429. The summed E-state index contributed by atoms with van der Waals surface area (Å²) in [5.74, 6) is -0.111. The van der Waals surface area contributed by atoms with Gasteiger partial charge >= 0.3 is 6.03 Å². The number of carbonyl (C=O) groups excluding carboxylic acids is 2. The van der Waals surface area contributed by atoms with E-state index in [-0.39, 0.29) is 18.5 Å². The number of hydrogen-bond donors (Lipinski definition) is 0. The van der Waals surface area contributed by atoms with Crippen LogP contribution in [0.15, 0.2) is 18.2 Å². The molecule has 18 heavy (non-hydrogen) atoms. The summed E-state index contributed by atoms with van der Waals surface area (Å²) in [7, 11) is 0. The highest BCUT2D eigenvalue weighted by Gasteiger charge is 2.36. The highest BCUT2D eigenvalue weighted by molar-refractivity contribution is 6.12. The first kappa shape index (κ1) is 12.6. The molecule has 0 unspecified atom stereocenters. The van der Waals surface area contributed by atoms with E-state index in [0.717, 1.165) is 17.7 Å². The van der Waals surface area contributed by atoms with Crippen LogP contribution < -0.4 is 4.90 Å². The van der Waals surface area contributed by atoms with E-state index in [9.17, 15) is 9.59 Å². The number of hydrogen-bond acceptors (Lipinski definition) is 2. The molecule has 0 N–H and O–H groups in total. The second-order valence-corrected chi connectivity index (χ2v) is 4.68. The quantitative estimate of drug-likeness (QED) is 0.769. The minimum atomic E-state index is -0.204. The molecule has 1 heterocycles. The molecule has 1 aromatic carbocycles. The second kappa shape index (κ2) is 4.80. The number of anilines is 1. The summed E-state index contributed by atoms with van der Waals surface area (Å²) in [6, 6.07) is 5.62. The molecule has 0 radical (unpaired) electrons. The zero-order chi connectivity index (χ0) is 13.3. The highest BCUT2D eigenvalue weighted by atomic mass is 16.2. The molecular weight excluding hydrogens is 228 g/mol. The third-order valence-electron chi connectivity index (χ3n) is 3.31. The Balaban J connectivity index is 2.27. The average Bonchev–Trinajstić information content (AvgIpc) is 2.61. The lowest BCUT2D eigenvalue weighted by molar-refractivity contribution is -0.124. The third-order valence-corrected chi connectivity index (χ3v) is 3.31. The second-order valence-electron chi connectivity index (χ2n) is 4.68. The van der Waals surface area contributed by atoms with Gasteiger partial charge in [-0.1, -0.05) is 13.0 Å². The van der Waals surface area contributed by atoms with Crippen molar-refractivity contribution in [3.8, 4) is 0 Å². The summed E-state index contributed by atoms with van der Waals surface area (Å²) >= 11 is 0. The van der Waals surface area contributed by atoms with E-state index >= 15 is 0 Å². The summed E-state index contributed by atoms with van der Waals surface area (Å²) in [5.41, 5.74) is 3.11. The number of aryl methyl sites for hydroxylation is 2. The molecule has 0 saturated carbocycles. The van der Waals surface area contributed by atoms with Gasteiger partial charge in [0.2, 0.25) is 0 Å². The van der Waals surface area contributed by atoms with Gasteiger partial charge in [0.15, 0.2) is 0 Å². The number of nitrogens with zero attached hydrogens (tertiary/aromatic N) is 2. The van der Waals surface area contributed by atoms with Crippen LogP contribution in [0.4, 0.5) is 10.5 Å². The maximum atomic E-state index is 12.1. The lowest BCUT2D eigenvalue weighted by atomic mass is 10.1. The van der Waals surface area contributed by atoms with Gasteiger partial charge in [-0.05, 0) is 43.5 Å². The van der Waals surface area contributed by atoms with Gasteiger partial charge in [-0.15, -0.1) is 0 Å². The van der Waals surface area contributed by atoms with Crippen LogP contribution in [0.5, 0.6) is 0 Å². The molecule has 1 aromatic rings. The smallest absolute Gasteiger partial charge is 0.285 e. The Kier molecular flexibility index (Phi) is 3.36. The Morgan fingerprint density at radius 3 is 2.50 bits per heavy atom. The van der Waals surface area contributed by atoms with Crippen molar-refractivity contribution in [3.05, 3.63) is 29.3 Å². The molecule has 1 fully saturated rings. The number of amides is 3. The van der Waals surface area contributed by atoms with Crippen molar-refractivity contribution in [2.45, 2.75) is 27.2 Å². The first-order valence-corrected chi connectivity index (χ1v) is 6.23.